The van der Waals surface area contributed by atoms with E-state index < -0.39 is 5.97 Å². The molecule has 1 N–H and O–H groups in total. The maximum atomic E-state index is 11.0. The molecule has 0 saturated heterocycles. The number of carboxylic acid groups (broad SMARTS) is 1. The lowest BCUT2D eigenvalue weighted by Gasteiger charge is -2.37. The Hall–Kier alpha value is -1.51. The van der Waals surface area contributed by atoms with Crippen molar-refractivity contribution in [3.8, 4) is 5.75 Å². The smallest absolute Gasteiger partial charge is 0.307 e. The molecule has 1 fully saturated rings. The van der Waals surface area contributed by atoms with E-state index in [0.29, 0.717) is 17.8 Å². The minimum atomic E-state index is -0.816. The lowest BCUT2D eigenvalue weighted by Crippen LogP contribution is -2.36. The molecule has 0 heterocycles. The van der Waals surface area contributed by atoms with Crippen LogP contribution in [0.15, 0.2) is 24.3 Å². The zero-order valence-electron chi connectivity index (χ0n) is 13.2. The lowest BCUT2D eigenvalue weighted by atomic mass is 9.75. The van der Waals surface area contributed by atoms with Crippen molar-refractivity contribution in [3.63, 3.8) is 0 Å². The van der Waals surface area contributed by atoms with Crippen LogP contribution in [-0.2, 0) is 11.2 Å². The van der Waals surface area contributed by atoms with Gasteiger partial charge in [0.25, 0.3) is 0 Å². The molecule has 0 aromatic heterocycles. The molecular formula is C18H26O3. The quantitative estimate of drug-likeness (QED) is 0.886. The highest BCUT2D eigenvalue weighted by Gasteiger charge is 2.32. The second kappa shape index (κ2) is 6.97. The van der Waals surface area contributed by atoms with Crippen LogP contribution in [0.2, 0.25) is 0 Å². The van der Waals surface area contributed by atoms with Crippen LogP contribution in [0, 0.1) is 17.8 Å². The van der Waals surface area contributed by atoms with Gasteiger partial charge in [0, 0.05) is 5.56 Å². The zero-order valence-corrected chi connectivity index (χ0v) is 13.2. The summed E-state index contributed by atoms with van der Waals surface area (Å²) in [7, 11) is 0. The first kappa shape index (κ1) is 15.9. The van der Waals surface area contributed by atoms with E-state index in [1.165, 1.54) is 12.8 Å². The summed E-state index contributed by atoms with van der Waals surface area (Å²) in [6, 6.07) is 7.53. The summed E-state index contributed by atoms with van der Waals surface area (Å²) in [6.07, 6.45) is 3.74. The highest BCUT2D eigenvalue weighted by Crippen LogP contribution is 2.36. The third-order valence-electron chi connectivity index (χ3n) is 4.55. The SMILES string of the molecule is CC1CCC(C(C)C)C(Oc2ccccc2CC(=O)O)C1. The number of rotatable bonds is 5. The maximum Gasteiger partial charge on any atom is 0.307 e. The van der Waals surface area contributed by atoms with Gasteiger partial charge in [0.1, 0.15) is 11.9 Å². The van der Waals surface area contributed by atoms with Gasteiger partial charge in [-0.1, -0.05) is 45.4 Å². The first-order valence-corrected chi connectivity index (χ1v) is 7.93. The van der Waals surface area contributed by atoms with E-state index in [4.69, 9.17) is 9.84 Å². The number of carbonyl (C=O) groups is 1. The van der Waals surface area contributed by atoms with Crippen molar-refractivity contribution in [1.82, 2.24) is 0 Å². The number of carboxylic acids is 1. The Morgan fingerprint density at radius 3 is 2.71 bits per heavy atom. The van der Waals surface area contributed by atoms with E-state index in [1.807, 2.05) is 24.3 Å². The fourth-order valence-electron chi connectivity index (χ4n) is 3.34. The van der Waals surface area contributed by atoms with Crippen LogP contribution < -0.4 is 4.74 Å². The minimum absolute atomic E-state index is 0.0186. The fraction of sp³-hybridized carbons (Fsp3) is 0.611. The van der Waals surface area contributed by atoms with Gasteiger partial charge in [0.05, 0.1) is 6.42 Å². The Balaban J connectivity index is 2.16. The van der Waals surface area contributed by atoms with E-state index in [0.717, 1.165) is 17.7 Å². The molecule has 1 aliphatic carbocycles. The molecule has 0 radical (unpaired) electrons. The molecule has 3 nitrogen and oxygen atoms in total. The van der Waals surface area contributed by atoms with Crippen molar-refractivity contribution in [1.29, 1.82) is 0 Å². The van der Waals surface area contributed by atoms with Crippen LogP contribution in [-0.4, -0.2) is 17.2 Å². The second-order valence-electron chi connectivity index (χ2n) is 6.66. The molecule has 3 unspecified atom stereocenters. The van der Waals surface area contributed by atoms with E-state index in [1.54, 1.807) is 0 Å². The van der Waals surface area contributed by atoms with Crippen molar-refractivity contribution in [2.24, 2.45) is 17.8 Å². The molecule has 0 aliphatic heterocycles. The third kappa shape index (κ3) is 4.23. The standard InChI is InChI=1S/C18H26O3/c1-12(2)15-9-8-13(3)10-17(15)21-16-7-5-4-6-14(16)11-18(19)20/h4-7,12-13,15,17H,8-11H2,1-3H3,(H,19,20). The topological polar surface area (TPSA) is 46.5 Å². The summed E-state index contributed by atoms with van der Waals surface area (Å²) in [5.41, 5.74) is 0.769. The van der Waals surface area contributed by atoms with Crippen LogP contribution in [0.1, 0.15) is 45.6 Å². The van der Waals surface area contributed by atoms with Crippen molar-refractivity contribution >= 4 is 5.97 Å². The van der Waals surface area contributed by atoms with Crippen LogP contribution in [0.4, 0.5) is 0 Å². The van der Waals surface area contributed by atoms with Gasteiger partial charge < -0.3 is 9.84 Å². The van der Waals surface area contributed by atoms with Gasteiger partial charge in [-0.2, -0.15) is 0 Å². The lowest BCUT2D eigenvalue weighted by molar-refractivity contribution is -0.136. The van der Waals surface area contributed by atoms with E-state index >= 15 is 0 Å². The Morgan fingerprint density at radius 2 is 2.05 bits per heavy atom. The predicted octanol–water partition coefficient (Wildman–Crippen LogP) is 4.15. The molecule has 116 valence electrons. The number of benzene rings is 1. The summed E-state index contributed by atoms with van der Waals surface area (Å²) in [5.74, 6) is 1.75. The van der Waals surface area contributed by atoms with Crippen molar-refractivity contribution in [2.75, 3.05) is 0 Å². The third-order valence-corrected chi connectivity index (χ3v) is 4.55. The van der Waals surface area contributed by atoms with Crippen LogP contribution >= 0.6 is 0 Å². The Kier molecular flexibility index (Phi) is 5.27. The number of aliphatic carboxylic acids is 1. The van der Waals surface area contributed by atoms with Crippen LogP contribution in [0.25, 0.3) is 0 Å². The largest absolute Gasteiger partial charge is 0.490 e. The molecule has 1 aromatic carbocycles. The van der Waals surface area contributed by atoms with Gasteiger partial charge in [-0.05, 0) is 36.7 Å². The fourth-order valence-corrected chi connectivity index (χ4v) is 3.34. The normalized spacial score (nSPS) is 25.8. The highest BCUT2D eigenvalue weighted by molar-refractivity contribution is 5.71. The number of ether oxygens (including phenoxy) is 1. The summed E-state index contributed by atoms with van der Waals surface area (Å²) in [5, 5.41) is 9.02. The molecule has 0 amide bonds. The Bertz CT molecular complexity index is 481. The van der Waals surface area contributed by atoms with Crippen molar-refractivity contribution < 1.29 is 14.6 Å². The maximum absolute atomic E-state index is 11.0. The second-order valence-corrected chi connectivity index (χ2v) is 6.66. The summed E-state index contributed by atoms with van der Waals surface area (Å²) < 4.78 is 6.27. The number of hydrogen-bond acceptors (Lipinski definition) is 2. The average Bonchev–Trinajstić information content (AvgIpc) is 2.40. The van der Waals surface area contributed by atoms with E-state index in [9.17, 15) is 4.79 Å². The molecule has 21 heavy (non-hydrogen) atoms. The van der Waals surface area contributed by atoms with Gasteiger partial charge in [-0.25, -0.2) is 0 Å². The molecule has 0 spiro atoms. The number of hydrogen-bond donors (Lipinski definition) is 1. The van der Waals surface area contributed by atoms with Crippen LogP contribution in [0.3, 0.4) is 0 Å². The van der Waals surface area contributed by atoms with Gasteiger partial charge in [0.15, 0.2) is 0 Å². The van der Waals surface area contributed by atoms with Gasteiger partial charge in [-0.15, -0.1) is 0 Å². The van der Waals surface area contributed by atoms with Crippen molar-refractivity contribution in [3.05, 3.63) is 29.8 Å². The first-order valence-electron chi connectivity index (χ1n) is 7.93. The molecule has 3 heteroatoms. The molecule has 0 bridgehead atoms. The molecule has 1 aromatic rings. The van der Waals surface area contributed by atoms with Gasteiger partial charge in [-0.3, -0.25) is 4.79 Å². The van der Waals surface area contributed by atoms with Crippen LogP contribution in [0.5, 0.6) is 5.75 Å². The molecule has 3 atom stereocenters. The number of para-hydroxylation sites is 1. The Labute approximate surface area is 127 Å². The summed E-state index contributed by atoms with van der Waals surface area (Å²) >= 11 is 0. The molecular weight excluding hydrogens is 264 g/mol. The molecule has 2 rings (SSSR count). The minimum Gasteiger partial charge on any atom is -0.490 e. The highest BCUT2D eigenvalue weighted by atomic mass is 16.5. The summed E-state index contributed by atoms with van der Waals surface area (Å²) in [6.45, 7) is 6.77. The predicted molar refractivity (Wildman–Crippen MR) is 83.5 cm³/mol. The Morgan fingerprint density at radius 1 is 1.33 bits per heavy atom. The van der Waals surface area contributed by atoms with Crippen molar-refractivity contribution in [2.45, 2.75) is 52.6 Å². The van der Waals surface area contributed by atoms with E-state index in [-0.39, 0.29) is 12.5 Å². The summed E-state index contributed by atoms with van der Waals surface area (Å²) in [4.78, 5) is 11.0. The molecule has 1 aliphatic rings. The monoisotopic (exact) mass is 290 g/mol. The molecule has 1 saturated carbocycles. The first-order chi connectivity index (χ1) is 9.97. The van der Waals surface area contributed by atoms with E-state index in [2.05, 4.69) is 20.8 Å². The zero-order chi connectivity index (χ0) is 15.4. The van der Waals surface area contributed by atoms with Gasteiger partial charge >= 0.3 is 5.97 Å². The average molecular weight is 290 g/mol. The van der Waals surface area contributed by atoms with Gasteiger partial charge in [0.2, 0.25) is 0 Å².